The number of hydrogen-bond acceptors (Lipinski definition) is 5. The molecule has 1 atom stereocenters. The smallest absolute Gasteiger partial charge is 0.245 e. The normalized spacial score (nSPS) is 20.5. The lowest BCUT2D eigenvalue weighted by Crippen LogP contribution is -2.41. The van der Waals surface area contributed by atoms with Gasteiger partial charge in [-0.3, -0.25) is 9.58 Å². The van der Waals surface area contributed by atoms with Crippen molar-refractivity contribution in [3.05, 3.63) is 12.4 Å². The van der Waals surface area contributed by atoms with Gasteiger partial charge >= 0.3 is 0 Å². The molecule has 1 fully saturated rings. The maximum absolute atomic E-state index is 12.5. The number of nitrogens with zero attached hydrogens (tertiary/aromatic N) is 4. The SMILES string of the molecule is CCN1CCCC1CN(C)S(=O)(=O)c1cnn(CCO)c1. The minimum Gasteiger partial charge on any atom is -0.394 e. The van der Waals surface area contributed by atoms with Gasteiger partial charge < -0.3 is 5.11 Å². The second kappa shape index (κ2) is 6.87. The molecular weight excluding hydrogens is 292 g/mol. The van der Waals surface area contributed by atoms with Crippen molar-refractivity contribution in [3.63, 3.8) is 0 Å². The summed E-state index contributed by atoms with van der Waals surface area (Å²) in [6, 6.07) is 0.294. The van der Waals surface area contributed by atoms with E-state index < -0.39 is 10.0 Å². The molecule has 0 amide bonds. The van der Waals surface area contributed by atoms with Gasteiger partial charge in [0.25, 0.3) is 0 Å². The summed E-state index contributed by atoms with van der Waals surface area (Å²) >= 11 is 0. The zero-order chi connectivity index (χ0) is 15.5. The molecule has 8 heteroatoms. The fraction of sp³-hybridized carbons (Fsp3) is 0.769. The molecule has 0 aliphatic carbocycles. The van der Waals surface area contributed by atoms with Crippen LogP contribution in [-0.2, 0) is 16.6 Å². The highest BCUT2D eigenvalue weighted by atomic mass is 32.2. The second-order valence-corrected chi connectivity index (χ2v) is 7.42. The Morgan fingerprint density at radius 1 is 1.52 bits per heavy atom. The Bertz CT molecular complexity index is 558. The van der Waals surface area contributed by atoms with E-state index in [1.807, 2.05) is 0 Å². The van der Waals surface area contributed by atoms with E-state index in [0.717, 1.165) is 25.9 Å². The van der Waals surface area contributed by atoms with Crippen LogP contribution >= 0.6 is 0 Å². The molecule has 120 valence electrons. The van der Waals surface area contributed by atoms with Gasteiger partial charge in [-0.2, -0.15) is 9.40 Å². The van der Waals surface area contributed by atoms with E-state index in [4.69, 9.17) is 5.11 Å². The van der Waals surface area contributed by atoms with Crippen LogP contribution in [0.2, 0.25) is 0 Å². The Hall–Kier alpha value is -0.960. The van der Waals surface area contributed by atoms with E-state index in [1.54, 1.807) is 7.05 Å². The van der Waals surface area contributed by atoms with Crippen LogP contribution < -0.4 is 0 Å². The van der Waals surface area contributed by atoms with Gasteiger partial charge in [-0.25, -0.2) is 8.42 Å². The van der Waals surface area contributed by atoms with Gasteiger partial charge in [0.2, 0.25) is 10.0 Å². The van der Waals surface area contributed by atoms with E-state index in [9.17, 15) is 8.42 Å². The predicted octanol–water partition coefficient (Wildman–Crippen LogP) is -0.0198. The number of aromatic nitrogens is 2. The molecule has 1 aromatic heterocycles. The Morgan fingerprint density at radius 2 is 2.29 bits per heavy atom. The third-order valence-electron chi connectivity index (χ3n) is 4.02. The fourth-order valence-corrected chi connectivity index (χ4v) is 3.96. The number of likely N-dealkylation sites (tertiary alicyclic amines) is 1. The molecule has 1 aliphatic heterocycles. The molecule has 1 aromatic rings. The molecule has 0 spiro atoms. The van der Waals surface area contributed by atoms with Gasteiger partial charge in [0, 0.05) is 25.8 Å². The zero-order valence-electron chi connectivity index (χ0n) is 12.6. The summed E-state index contributed by atoms with van der Waals surface area (Å²) in [4.78, 5) is 2.50. The number of sulfonamides is 1. The van der Waals surface area contributed by atoms with Crippen molar-refractivity contribution in [2.45, 2.75) is 37.2 Å². The number of aliphatic hydroxyl groups excluding tert-OH is 1. The minimum absolute atomic E-state index is 0.0649. The molecule has 0 bridgehead atoms. The van der Waals surface area contributed by atoms with Crippen LogP contribution in [0.1, 0.15) is 19.8 Å². The van der Waals surface area contributed by atoms with Crippen LogP contribution in [0.15, 0.2) is 17.3 Å². The second-order valence-electron chi connectivity index (χ2n) is 5.37. The average molecular weight is 316 g/mol. The van der Waals surface area contributed by atoms with Crippen LogP contribution in [0.25, 0.3) is 0 Å². The van der Waals surface area contributed by atoms with Crippen LogP contribution in [0.4, 0.5) is 0 Å². The summed E-state index contributed by atoms with van der Waals surface area (Å²) in [5.74, 6) is 0. The standard InChI is InChI=1S/C13H24N4O3S/c1-3-16-6-4-5-12(16)10-15(2)21(19,20)13-9-14-17(11-13)7-8-18/h9,11-12,18H,3-8,10H2,1-2H3. The Labute approximate surface area is 126 Å². The third-order valence-corrected chi connectivity index (χ3v) is 5.80. The number of rotatable bonds is 7. The molecule has 7 nitrogen and oxygen atoms in total. The average Bonchev–Trinajstić information content (AvgIpc) is 3.08. The predicted molar refractivity (Wildman–Crippen MR) is 79.4 cm³/mol. The minimum atomic E-state index is -3.51. The van der Waals surface area contributed by atoms with Crippen LogP contribution in [-0.4, -0.2) is 71.8 Å². The quantitative estimate of drug-likeness (QED) is 0.765. The van der Waals surface area contributed by atoms with E-state index in [-0.39, 0.29) is 11.5 Å². The Kier molecular flexibility index (Phi) is 5.37. The molecule has 1 saturated heterocycles. The topological polar surface area (TPSA) is 78.7 Å². The number of likely N-dealkylation sites (N-methyl/N-ethyl adjacent to an activating group) is 2. The van der Waals surface area contributed by atoms with Crippen LogP contribution in [0.5, 0.6) is 0 Å². The highest BCUT2D eigenvalue weighted by Crippen LogP contribution is 2.20. The first-order chi connectivity index (χ1) is 9.98. The fourth-order valence-electron chi connectivity index (χ4n) is 2.80. The highest BCUT2D eigenvalue weighted by Gasteiger charge is 2.29. The third kappa shape index (κ3) is 3.63. The number of aliphatic hydroxyl groups is 1. The summed E-state index contributed by atoms with van der Waals surface area (Å²) in [7, 11) is -1.90. The van der Waals surface area contributed by atoms with Gasteiger partial charge in [-0.15, -0.1) is 0 Å². The molecule has 1 N–H and O–H groups in total. The van der Waals surface area contributed by atoms with Crippen LogP contribution in [0, 0.1) is 0 Å². The van der Waals surface area contributed by atoms with E-state index >= 15 is 0 Å². The van der Waals surface area contributed by atoms with Crippen molar-refractivity contribution in [2.24, 2.45) is 0 Å². The van der Waals surface area contributed by atoms with Crippen LogP contribution in [0.3, 0.4) is 0 Å². The summed E-state index contributed by atoms with van der Waals surface area (Å²) in [6.45, 7) is 4.83. The summed E-state index contributed by atoms with van der Waals surface area (Å²) < 4.78 is 27.9. The van der Waals surface area contributed by atoms with Crippen molar-refractivity contribution < 1.29 is 13.5 Å². The van der Waals surface area contributed by atoms with E-state index in [2.05, 4.69) is 16.9 Å². The van der Waals surface area contributed by atoms with Crippen molar-refractivity contribution in [1.29, 1.82) is 0 Å². The lowest BCUT2D eigenvalue weighted by molar-refractivity contribution is 0.237. The summed E-state index contributed by atoms with van der Waals surface area (Å²) in [6.07, 6.45) is 4.97. The van der Waals surface area contributed by atoms with Gasteiger partial charge in [0.15, 0.2) is 0 Å². The van der Waals surface area contributed by atoms with Gasteiger partial charge in [0.1, 0.15) is 4.90 Å². The molecule has 2 heterocycles. The molecule has 2 rings (SSSR count). The molecule has 0 aromatic carbocycles. The maximum Gasteiger partial charge on any atom is 0.245 e. The first kappa shape index (κ1) is 16.4. The first-order valence-electron chi connectivity index (χ1n) is 7.32. The molecule has 1 aliphatic rings. The van der Waals surface area contributed by atoms with E-state index in [1.165, 1.54) is 21.4 Å². The van der Waals surface area contributed by atoms with Gasteiger partial charge in [-0.1, -0.05) is 6.92 Å². The van der Waals surface area contributed by atoms with Gasteiger partial charge in [-0.05, 0) is 25.9 Å². The van der Waals surface area contributed by atoms with Crippen molar-refractivity contribution in [3.8, 4) is 0 Å². The Morgan fingerprint density at radius 3 is 2.95 bits per heavy atom. The molecular formula is C13H24N4O3S. The largest absolute Gasteiger partial charge is 0.394 e. The van der Waals surface area contributed by atoms with Crippen molar-refractivity contribution in [2.75, 3.05) is 33.3 Å². The van der Waals surface area contributed by atoms with E-state index in [0.29, 0.717) is 19.1 Å². The zero-order valence-corrected chi connectivity index (χ0v) is 13.5. The maximum atomic E-state index is 12.5. The summed E-state index contributed by atoms with van der Waals surface area (Å²) in [5.41, 5.74) is 0. The monoisotopic (exact) mass is 316 g/mol. The van der Waals surface area contributed by atoms with Crippen molar-refractivity contribution >= 4 is 10.0 Å². The molecule has 0 radical (unpaired) electrons. The van der Waals surface area contributed by atoms with Crippen molar-refractivity contribution in [1.82, 2.24) is 19.0 Å². The summed E-state index contributed by atoms with van der Waals surface area (Å²) in [5, 5.41) is 12.8. The lowest BCUT2D eigenvalue weighted by Gasteiger charge is -2.27. The Balaban J connectivity index is 2.07. The number of hydrogen-bond donors (Lipinski definition) is 1. The first-order valence-corrected chi connectivity index (χ1v) is 8.76. The highest BCUT2D eigenvalue weighted by molar-refractivity contribution is 7.89. The molecule has 21 heavy (non-hydrogen) atoms. The molecule has 0 saturated carbocycles. The molecule has 1 unspecified atom stereocenters. The van der Waals surface area contributed by atoms with Gasteiger partial charge in [0.05, 0.1) is 19.3 Å². The lowest BCUT2D eigenvalue weighted by atomic mass is 10.2.